The standard InChI is InChI=1S/C16H18FNO4/c1-8-13(18)14(20)12(17)16(21-8)22-15-10-5-3-2-4-9(10)6-7-11(15)19/h2-8,12-14,16,19-20H,18H2,1H3/t8-,12-,13-,14-,16+/m1/s1. The van der Waals surface area contributed by atoms with Gasteiger partial charge in [0.25, 0.3) is 0 Å². The van der Waals surface area contributed by atoms with Gasteiger partial charge in [0.05, 0.1) is 12.1 Å². The highest BCUT2D eigenvalue weighted by atomic mass is 19.1. The second-order valence-corrected chi connectivity index (χ2v) is 5.47. The highest BCUT2D eigenvalue weighted by molar-refractivity contribution is 5.90. The Bertz CT molecular complexity index is 680. The van der Waals surface area contributed by atoms with E-state index in [4.69, 9.17) is 15.2 Å². The average molecular weight is 307 g/mol. The Kier molecular flexibility index (Phi) is 3.90. The van der Waals surface area contributed by atoms with Crippen molar-refractivity contribution in [2.24, 2.45) is 5.73 Å². The molecule has 1 fully saturated rings. The van der Waals surface area contributed by atoms with Gasteiger partial charge in [0.1, 0.15) is 6.10 Å². The first kappa shape index (κ1) is 15.0. The van der Waals surface area contributed by atoms with Gasteiger partial charge in [0.15, 0.2) is 17.7 Å². The molecule has 0 saturated carbocycles. The Morgan fingerprint density at radius 1 is 1.23 bits per heavy atom. The fourth-order valence-corrected chi connectivity index (χ4v) is 2.59. The minimum absolute atomic E-state index is 0.119. The molecule has 1 saturated heterocycles. The molecule has 1 aliphatic rings. The van der Waals surface area contributed by atoms with Crippen LogP contribution in [0.2, 0.25) is 0 Å². The molecule has 2 aromatic carbocycles. The number of fused-ring (bicyclic) bond motifs is 1. The topological polar surface area (TPSA) is 84.9 Å². The zero-order chi connectivity index (χ0) is 15.9. The Morgan fingerprint density at radius 2 is 1.95 bits per heavy atom. The molecule has 0 unspecified atom stereocenters. The van der Waals surface area contributed by atoms with Crippen LogP contribution in [0.25, 0.3) is 10.8 Å². The van der Waals surface area contributed by atoms with E-state index >= 15 is 0 Å². The van der Waals surface area contributed by atoms with Gasteiger partial charge < -0.3 is 25.4 Å². The van der Waals surface area contributed by atoms with Crippen LogP contribution in [0.5, 0.6) is 11.5 Å². The molecule has 0 spiro atoms. The predicted octanol–water partition coefficient (Wildman–Crippen LogP) is 1.70. The molecule has 0 radical (unpaired) electrons. The normalized spacial score (nSPS) is 32.1. The van der Waals surface area contributed by atoms with Gasteiger partial charge in [-0.2, -0.15) is 0 Å². The van der Waals surface area contributed by atoms with Gasteiger partial charge in [-0.1, -0.05) is 30.3 Å². The molecular weight excluding hydrogens is 289 g/mol. The van der Waals surface area contributed by atoms with Crippen molar-refractivity contribution in [1.29, 1.82) is 0 Å². The summed E-state index contributed by atoms with van der Waals surface area (Å²) in [5, 5.41) is 21.3. The monoisotopic (exact) mass is 307 g/mol. The minimum atomic E-state index is -1.80. The van der Waals surface area contributed by atoms with Gasteiger partial charge in [0.2, 0.25) is 6.29 Å². The van der Waals surface area contributed by atoms with Gasteiger partial charge in [-0.15, -0.1) is 0 Å². The quantitative estimate of drug-likeness (QED) is 0.786. The minimum Gasteiger partial charge on any atom is -0.504 e. The smallest absolute Gasteiger partial charge is 0.234 e. The van der Waals surface area contributed by atoms with Crippen LogP contribution in [-0.2, 0) is 4.74 Å². The Morgan fingerprint density at radius 3 is 2.73 bits per heavy atom. The molecule has 0 aromatic heterocycles. The van der Waals surface area contributed by atoms with Crippen LogP contribution in [0.15, 0.2) is 36.4 Å². The molecule has 3 rings (SSSR count). The Labute approximate surface area is 127 Å². The lowest BCUT2D eigenvalue weighted by atomic mass is 9.99. The summed E-state index contributed by atoms with van der Waals surface area (Å²) in [6.07, 6.45) is -5.08. The molecule has 22 heavy (non-hydrogen) atoms. The van der Waals surface area contributed by atoms with Crippen LogP contribution in [0, 0.1) is 0 Å². The molecular formula is C16H18FNO4. The lowest BCUT2D eigenvalue weighted by Gasteiger charge is -2.38. The summed E-state index contributed by atoms with van der Waals surface area (Å²) < 4.78 is 25.2. The largest absolute Gasteiger partial charge is 0.504 e. The number of aromatic hydroxyl groups is 1. The summed E-state index contributed by atoms with van der Waals surface area (Å²) in [5.74, 6) is 0.00661. The first-order chi connectivity index (χ1) is 10.5. The third-order valence-corrected chi connectivity index (χ3v) is 3.96. The van der Waals surface area contributed by atoms with E-state index in [0.29, 0.717) is 5.39 Å². The van der Waals surface area contributed by atoms with E-state index in [2.05, 4.69) is 0 Å². The lowest BCUT2D eigenvalue weighted by molar-refractivity contribution is -0.218. The van der Waals surface area contributed by atoms with E-state index in [1.54, 1.807) is 25.1 Å². The number of aliphatic hydroxyl groups excluding tert-OH is 1. The van der Waals surface area contributed by atoms with Crippen LogP contribution < -0.4 is 10.5 Å². The third kappa shape index (κ3) is 2.49. The number of aliphatic hydroxyl groups is 1. The van der Waals surface area contributed by atoms with Gasteiger partial charge in [-0.25, -0.2) is 4.39 Å². The number of nitrogens with two attached hydrogens (primary N) is 1. The van der Waals surface area contributed by atoms with Crippen molar-refractivity contribution < 1.29 is 24.1 Å². The number of hydrogen-bond donors (Lipinski definition) is 3. The van der Waals surface area contributed by atoms with Gasteiger partial charge >= 0.3 is 0 Å². The summed E-state index contributed by atoms with van der Waals surface area (Å²) in [6, 6.07) is 9.63. The first-order valence-corrected chi connectivity index (χ1v) is 7.09. The maximum atomic E-state index is 14.2. The molecule has 0 bridgehead atoms. The number of hydrogen-bond acceptors (Lipinski definition) is 5. The highest BCUT2D eigenvalue weighted by Gasteiger charge is 2.43. The van der Waals surface area contributed by atoms with Crippen molar-refractivity contribution in [1.82, 2.24) is 0 Å². The van der Waals surface area contributed by atoms with Crippen molar-refractivity contribution in [3.8, 4) is 11.5 Å². The zero-order valence-corrected chi connectivity index (χ0v) is 12.0. The first-order valence-electron chi connectivity index (χ1n) is 7.09. The number of benzene rings is 2. The van der Waals surface area contributed by atoms with Gasteiger partial charge in [-0.05, 0) is 18.4 Å². The predicted molar refractivity (Wildman–Crippen MR) is 79.5 cm³/mol. The number of rotatable bonds is 2. The Balaban J connectivity index is 1.94. The fraction of sp³-hybridized carbons (Fsp3) is 0.375. The molecule has 5 atom stereocenters. The molecule has 1 aliphatic heterocycles. The van der Waals surface area contributed by atoms with Crippen molar-refractivity contribution in [3.63, 3.8) is 0 Å². The summed E-state index contributed by atoms with van der Waals surface area (Å²) in [5.41, 5.74) is 5.67. The van der Waals surface area contributed by atoms with Gasteiger partial charge in [-0.3, -0.25) is 0 Å². The van der Waals surface area contributed by atoms with E-state index in [1.165, 1.54) is 6.07 Å². The van der Waals surface area contributed by atoms with Crippen LogP contribution in [0.3, 0.4) is 0 Å². The van der Waals surface area contributed by atoms with Crippen LogP contribution >= 0.6 is 0 Å². The second-order valence-electron chi connectivity index (χ2n) is 5.47. The van der Waals surface area contributed by atoms with E-state index in [-0.39, 0.29) is 11.5 Å². The average Bonchev–Trinajstić information content (AvgIpc) is 2.53. The van der Waals surface area contributed by atoms with Crippen LogP contribution in [0.4, 0.5) is 4.39 Å². The van der Waals surface area contributed by atoms with E-state index in [0.717, 1.165) is 5.39 Å². The van der Waals surface area contributed by atoms with E-state index in [1.807, 2.05) is 12.1 Å². The molecule has 2 aromatic rings. The second kappa shape index (κ2) is 5.72. The molecule has 6 heteroatoms. The van der Waals surface area contributed by atoms with Gasteiger partial charge in [0, 0.05) is 5.39 Å². The number of halogens is 1. The van der Waals surface area contributed by atoms with Crippen molar-refractivity contribution >= 4 is 10.8 Å². The number of ether oxygens (including phenoxy) is 2. The molecule has 4 N–H and O–H groups in total. The molecule has 1 heterocycles. The summed E-state index contributed by atoms with van der Waals surface area (Å²) >= 11 is 0. The summed E-state index contributed by atoms with van der Waals surface area (Å²) in [6.45, 7) is 1.64. The van der Waals surface area contributed by atoms with Crippen LogP contribution in [-0.4, -0.2) is 40.9 Å². The maximum absolute atomic E-state index is 14.2. The fourth-order valence-electron chi connectivity index (χ4n) is 2.59. The van der Waals surface area contributed by atoms with Crippen molar-refractivity contribution in [3.05, 3.63) is 36.4 Å². The summed E-state index contributed by atoms with van der Waals surface area (Å²) in [4.78, 5) is 0. The summed E-state index contributed by atoms with van der Waals surface area (Å²) in [7, 11) is 0. The van der Waals surface area contributed by atoms with E-state index in [9.17, 15) is 14.6 Å². The Hall–Kier alpha value is -1.89. The highest BCUT2D eigenvalue weighted by Crippen LogP contribution is 2.37. The maximum Gasteiger partial charge on any atom is 0.234 e. The third-order valence-electron chi connectivity index (χ3n) is 3.96. The SMILES string of the molecule is C[C@H]1O[C@@H](Oc2c(O)ccc3ccccc23)[C@H](F)[C@@H](O)[C@@H]1N. The van der Waals surface area contributed by atoms with Crippen molar-refractivity contribution in [2.75, 3.05) is 0 Å². The molecule has 5 nitrogen and oxygen atoms in total. The van der Waals surface area contributed by atoms with Crippen molar-refractivity contribution in [2.45, 2.75) is 37.6 Å². The lowest BCUT2D eigenvalue weighted by Crippen LogP contribution is -2.60. The molecule has 118 valence electrons. The molecule has 0 amide bonds. The molecule has 0 aliphatic carbocycles. The number of phenols is 1. The van der Waals surface area contributed by atoms with Crippen LogP contribution in [0.1, 0.15) is 6.92 Å². The van der Waals surface area contributed by atoms with E-state index < -0.39 is 30.7 Å². The number of alkyl halides is 1. The zero-order valence-electron chi connectivity index (χ0n) is 12.0. The number of phenolic OH excluding ortho intramolecular Hbond substituents is 1.